The SMILES string of the molecule is CC(C)CC(NC(=O)C(Cc1ccc(O)cc1)NC(=O)C(CCCCN)NC(=O)C(N)C(C)C)C(=O)O. The number of phenolic OH excluding ortho intramolecular Hbond substituents is 1. The van der Waals surface area contributed by atoms with Crippen LogP contribution in [0.25, 0.3) is 0 Å². The van der Waals surface area contributed by atoms with Gasteiger partial charge in [-0.2, -0.15) is 0 Å². The highest BCUT2D eigenvalue weighted by Gasteiger charge is 2.31. The minimum Gasteiger partial charge on any atom is -0.508 e. The van der Waals surface area contributed by atoms with Crippen LogP contribution in [0.2, 0.25) is 0 Å². The number of rotatable bonds is 16. The molecule has 4 unspecified atom stereocenters. The van der Waals surface area contributed by atoms with Crippen LogP contribution in [0.4, 0.5) is 0 Å². The molecule has 1 aromatic rings. The third-order valence-electron chi connectivity index (χ3n) is 5.93. The molecule has 11 heteroatoms. The predicted octanol–water partition coefficient (Wildman–Crippen LogP) is 0.632. The summed E-state index contributed by atoms with van der Waals surface area (Å²) in [4.78, 5) is 50.8. The summed E-state index contributed by atoms with van der Waals surface area (Å²) in [6, 6.07) is 2.09. The van der Waals surface area contributed by atoms with E-state index in [0.29, 0.717) is 24.9 Å². The lowest BCUT2D eigenvalue weighted by Gasteiger charge is -2.26. The van der Waals surface area contributed by atoms with Gasteiger partial charge >= 0.3 is 5.97 Å². The Morgan fingerprint density at radius 1 is 0.838 bits per heavy atom. The average Bonchev–Trinajstić information content (AvgIpc) is 2.82. The smallest absolute Gasteiger partial charge is 0.326 e. The van der Waals surface area contributed by atoms with Crippen LogP contribution in [-0.4, -0.2) is 64.6 Å². The fraction of sp³-hybridized carbons (Fsp3) is 0.615. The lowest BCUT2D eigenvalue weighted by Crippen LogP contribution is -2.58. The number of carboxylic acid groups (broad SMARTS) is 1. The summed E-state index contributed by atoms with van der Waals surface area (Å²) in [5.41, 5.74) is 12.2. The molecule has 1 aromatic carbocycles. The number of benzene rings is 1. The predicted molar refractivity (Wildman–Crippen MR) is 140 cm³/mol. The third-order valence-corrected chi connectivity index (χ3v) is 5.93. The maximum Gasteiger partial charge on any atom is 0.326 e. The molecule has 0 fully saturated rings. The van der Waals surface area contributed by atoms with Gasteiger partial charge in [-0.3, -0.25) is 14.4 Å². The number of carbonyl (C=O) groups excluding carboxylic acids is 3. The van der Waals surface area contributed by atoms with Gasteiger partial charge in [0.15, 0.2) is 0 Å². The van der Waals surface area contributed by atoms with Crippen LogP contribution >= 0.6 is 0 Å². The zero-order chi connectivity index (χ0) is 28.1. The Bertz CT molecular complexity index is 890. The summed E-state index contributed by atoms with van der Waals surface area (Å²) in [6.07, 6.45) is 1.75. The number of aromatic hydroxyl groups is 1. The van der Waals surface area contributed by atoms with Crippen molar-refractivity contribution in [3.63, 3.8) is 0 Å². The molecule has 0 aromatic heterocycles. The Kier molecular flexibility index (Phi) is 13.6. The maximum atomic E-state index is 13.3. The molecule has 37 heavy (non-hydrogen) atoms. The van der Waals surface area contributed by atoms with Crippen molar-refractivity contribution in [3.8, 4) is 5.75 Å². The number of hydrogen-bond acceptors (Lipinski definition) is 7. The van der Waals surface area contributed by atoms with Gasteiger partial charge in [0.25, 0.3) is 0 Å². The van der Waals surface area contributed by atoms with Crippen molar-refractivity contribution in [2.24, 2.45) is 23.3 Å². The molecule has 9 N–H and O–H groups in total. The number of amides is 3. The Balaban J connectivity index is 3.16. The van der Waals surface area contributed by atoms with Gasteiger partial charge in [0.05, 0.1) is 6.04 Å². The molecule has 0 radical (unpaired) electrons. The van der Waals surface area contributed by atoms with Crippen LogP contribution in [0.1, 0.15) is 58.9 Å². The van der Waals surface area contributed by atoms with E-state index >= 15 is 0 Å². The topological polar surface area (TPSA) is 197 Å². The normalized spacial score (nSPS) is 14.5. The van der Waals surface area contributed by atoms with Gasteiger partial charge in [0, 0.05) is 6.42 Å². The first-order valence-corrected chi connectivity index (χ1v) is 12.7. The van der Waals surface area contributed by atoms with E-state index in [-0.39, 0.29) is 36.8 Å². The molecular weight excluding hydrogens is 478 g/mol. The van der Waals surface area contributed by atoms with Gasteiger partial charge in [0.1, 0.15) is 23.9 Å². The number of nitrogens with two attached hydrogens (primary N) is 2. The lowest BCUT2D eigenvalue weighted by molar-refractivity contribution is -0.142. The van der Waals surface area contributed by atoms with E-state index in [4.69, 9.17) is 11.5 Å². The van der Waals surface area contributed by atoms with Crippen molar-refractivity contribution < 1.29 is 29.4 Å². The first-order valence-electron chi connectivity index (χ1n) is 12.7. The molecule has 208 valence electrons. The van der Waals surface area contributed by atoms with Crippen molar-refractivity contribution in [1.82, 2.24) is 16.0 Å². The second kappa shape index (κ2) is 15.8. The fourth-order valence-corrected chi connectivity index (χ4v) is 3.65. The average molecular weight is 522 g/mol. The third kappa shape index (κ3) is 11.6. The van der Waals surface area contributed by atoms with E-state index in [1.54, 1.807) is 26.0 Å². The molecule has 0 saturated heterocycles. The van der Waals surface area contributed by atoms with Gasteiger partial charge in [-0.05, 0) is 61.8 Å². The number of carbonyl (C=O) groups is 4. The molecule has 0 aliphatic rings. The van der Waals surface area contributed by atoms with Crippen LogP contribution in [0, 0.1) is 11.8 Å². The molecular formula is C26H43N5O6. The van der Waals surface area contributed by atoms with Crippen molar-refractivity contribution in [1.29, 1.82) is 0 Å². The number of nitrogens with one attached hydrogen (secondary N) is 3. The summed E-state index contributed by atoms with van der Waals surface area (Å²) >= 11 is 0. The summed E-state index contributed by atoms with van der Waals surface area (Å²) < 4.78 is 0. The van der Waals surface area contributed by atoms with Gasteiger partial charge in [0.2, 0.25) is 17.7 Å². The van der Waals surface area contributed by atoms with E-state index in [1.807, 2.05) is 13.8 Å². The molecule has 0 aliphatic carbocycles. The molecule has 0 saturated carbocycles. The van der Waals surface area contributed by atoms with Gasteiger partial charge in [-0.15, -0.1) is 0 Å². The van der Waals surface area contributed by atoms with Crippen LogP contribution < -0.4 is 27.4 Å². The molecule has 0 aliphatic heterocycles. The number of carboxylic acids is 1. The van der Waals surface area contributed by atoms with Crippen molar-refractivity contribution in [2.45, 2.75) is 84.0 Å². The number of aliphatic carboxylic acids is 1. The molecule has 1 rings (SSSR count). The standard InChI is InChI=1S/C26H43N5O6/c1-15(2)13-21(26(36)37)31-24(34)20(14-17-8-10-18(32)11-9-17)30-23(33)19(7-5-6-12-27)29-25(35)22(28)16(3)4/h8-11,15-16,19-22,32H,5-7,12-14,27-28H2,1-4H3,(H,29,35)(H,30,33)(H,31,34)(H,36,37). The molecule has 0 bridgehead atoms. The Morgan fingerprint density at radius 3 is 1.89 bits per heavy atom. The molecule has 11 nitrogen and oxygen atoms in total. The van der Waals surface area contributed by atoms with E-state index in [9.17, 15) is 29.4 Å². The Morgan fingerprint density at radius 2 is 1.38 bits per heavy atom. The highest BCUT2D eigenvalue weighted by atomic mass is 16.4. The molecule has 3 amide bonds. The zero-order valence-corrected chi connectivity index (χ0v) is 22.2. The fourth-order valence-electron chi connectivity index (χ4n) is 3.65. The van der Waals surface area contributed by atoms with E-state index < -0.39 is 47.9 Å². The summed E-state index contributed by atoms with van der Waals surface area (Å²) in [5.74, 6) is -3.00. The number of hydrogen-bond donors (Lipinski definition) is 7. The molecule has 0 heterocycles. The first kappa shape index (κ1) is 31.8. The monoisotopic (exact) mass is 521 g/mol. The highest BCUT2D eigenvalue weighted by Crippen LogP contribution is 2.13. The zero-order valence-electron chi connectivity index (χ0n) is 22.2. The van der Waals surface area contributed by atoms with Crippen molar-refractivity contribution in [3.05, 3.63) is 29.8 Å². The molecule has 0 spiro atoms. The maximum absolute atomic E-state index is 13.3. The summed E-state index contributed by atoms with van der Waals surface area (Å²) in [5, 5.41) is 27.0. The van der Waals surface area contributed by atoms with Crippen LogP contribution in [0.5, 0.6) is 5.75 Å². The van der Waals surface area contributed by atoms with Crippen LogP contribution in [-0.2, 0) is 25.6 Å². The van der Waals surface area contributed by atoms with Crippen LogP contribution in [0.3, 0.4) is 0 Å². The summed E-state index contributed by atoms with van der Waals surface area (Å²) in [7, 11) is 0. The van der Waals surface area contributed by atoms with Gasteiger partial charge in [-0.25, -0.2) is 4.79 Å². The first-order chi connectivity index (χ1) is 17.3. The quantitative estimate of drug-likeness (QED) is 0.154. The van der Waals surface area contributed by atoms with E-state index in [1.165, 1.54) is 12.1 Å². The second-order valence-corrected chi connectivity index (χ2v) is 10.1. The van der Waals surface area contributed by atoms with E-state index in [0.717, 1.165) is 0 Å². The number of phenols is 1. The lowest BCUT2D eigenvalue weighted by atomic mass is 10.0. The highest BCUT2D eigenvalue weighted by molar-refractivity contribution is 5.94. The number of unbranched alkanes of at least 4 members (excludes halogenated alkanes) is 1. The minimum atomic E-state index is -1.17. The van der Waals surface area contributed by atoms with E-state index in [2.05, 4.69) is 16.0 Å². The van der Waals surface area contributed by atoms with Gasteiger partial charge < -0.3 is 37.6 Å². The minimum absolute atomic E-state index is 0.0128. The molecule has 4 atom stereocenters. The van der Waals surface area contributed by atoms with Crippen LogP contribution in [0.15, 0.2) is 24.3 Å². The Hall–Kier alpha value is -3.18. The van der Waals surface area contributed by atoms with Crippen molar-refractivity contribution in [2.75, 3.05) is 6.54 Å². The largest absolute Gasteiger partial charge is 0.508 e. The van der Waals surface area contributed by atoms with Crippen molar-refractivity contribution >= 4 is 23.7 Å². The summed E-state index contributed by atoms with van der Waals surface area (Å²) in [6.45, 7) is 7.69. The van der Waals surface area contributed by atoms with Gasteiger partial charge in [-0.1, -0.05) is 39.8 Å². The second-order valence-electron chi connectivity index (χ2n) is 10.1. The Labute approximate surface area is 218 Å².